The predicted molar refractivity (Wildman–Crippen MR) is 98.0 cm³/mol. The highest BCUT2D eigenvalue weighted by Crippen LogP contribution is 2.25. The third kappa shape index (κ3) is 3.85. The van der Waals surface area contributed by atoms with Crippen LogP contribution < -0.4 is 4.90 Å². The van der Waals surface area contributed by atoms with Crippen LogP contribution in [0.15, 0.2) is 24.7 Å². The van der Waals surface area contributed by atoms with E-state index < -0.39 is 5.60 Å². The van der Waals surface area contributed by atoms with Crippen molar-refractivity contribution < 1.29 is 9.90 Å². The van der Waals surface area contributed by atoms with Crippen LogP contribution >= 0.6 is 0 Å². The van der Waals surface area contributed by atoms with Crippen molar-refractivity contribution in [1.82, 2.24) is 24.6 Å². The van der Waals surface area contributed by atoms with Gasteiger partial charge in [-0.05, 0) is 32.8 Å². The van der Waals surface area contributed by atoms with E-state index in [0.717, 1.165) is 13.0 Å². The summed E-state index contributed by atoms with van der Waals surface area (Å²) in [5, 5.41) is 15.4. The Labute approximate surface area is 153 Å². The van der Waals surface area contributed by atoms with Crippen LogP contribution in [0.25, 0.3) is 0 Å². The first-order valence-electron chi connectivity index (χ1n) is 8.96. The summed E-state index contributed by atoms with van der Waals surface area (Å²) in [5.74, 6) is 0.489. The van der Waals surface area contributed by atoms with E-state index in [-0.39, 0.29) is 12.5 Å². The summed E-state index contributed by atoms with van der Waals surface area (Å²) in [5.41, 5.74) is 0.298. The number of hydrogen-bond donors (Lipinski definition) is 1. The molecule has 1 N–H and O–H groups in total. The minimum atomic E-state index is -0.990. The highest BCUT2D eigenvalue weighted by atomic mass is 16.3. The van der Waals surface area contributed by atoms with Crippen LogP contribution in [0.5, 0.6) is 0 Å². The largest absolute Gasteiger partial charge is 0.386 e. The van der Waals surface area contributed by atoms with Gasteiger partial charge in [-0.2, -0.15) is 5.10 Å². The molecule has 2 aromatic heterocycles. The summed E-state index contributed by atoms with van der Waals surface area (Å²) in [7, 11) is 1.72. The first-order valence-corrected chi connectivity index (χ1v) is 8.96. The number of β-amino-alcohol motifs (C(OH)–C–C–N with tert-alkyl or cyclic N) is 1. The number of aromatic nitrogens is 4. The number of rotatable bonds is 5. The van der Waals surface area contributed by atoms with Crippen LogP contribution in [0.1, 0.15) is 35.8 Å². The highest BCUT2D eigenvalue weighted by Gasteiger charge is 2.36. The third-order valence-corrected chi connectivity index (χ3v) is 4.77. The third-order valence-electron chi connectivity index (χ3n) is 4.77. The molecular formula is C18H26N6O2. The van der Waals surface area contributed by atoms with Gasteiger partial charge in [0.1, 0.15) is 0 Å². The number of aliphatic hydroxyl groups is 1. The highest BCUT2D eigenvalue weighted by molar-refractivity contribution is 5.94. The fourth-order valence-corrected chi connectivity index (χ4v) is 3.48. The molecule has 140 valence electrons. The van der Waals surface area contributed by atoms with Gasteiger partial charge in [-0.15, -0.1) is 0 Å². The smallest absolute Gasteiger partial charge is 0.257 e. The number of carbonyl (C=O) groups is 1. The van der Waals surface area contributed by atoms with Crippen molar-refractivity contribution in [3.63, 3.8) is 0 Å². The fraction of sp³-hybridized carbons (Fsp3) is 0.556. The minimum Gasteiger partial charge on any atom is -0.386 e. The molecule has 26 heavy (non-hydrogen) atoms. The Morgan fingerprint density at radius 3 is 2.77 bits per heavy atom. The quantitative estimate of drug-likeness (QED) is 0.861. The molecule has 0 bridgehead atoms. The Hall–Kier alpha value is -2.48. The number of carbonyl (C=O) groups excluding carboxylic acids is 1. The molecule has 1 saturated heterocycles. The molecule has 1 fully saturated rings. The molecule has 0 radical (unpaired) electrons. The monoisotopic (exact) mass is 358 g/mol. The molecule has 0 spiro atoms. The second kappa shape index (κ2) is 7.41. The molecule has 1 aliphatic heterocycles. The summed E-state index contributed by atoms with van der Waals surface area (Å²) in [4.78, 5) is 24.9. The van der Waals surface area contributed by atoms with E-state index in [9.17, 15) is 9.90 Å². The topological polar surface area (TPSA) is 87.4 Å². The number of hydrogen-bond acceptors (Lipinski definition) is 6. The van der Waals surface area contributed by atoms with E-state index in [1.54, 1.807) is 41.3 Å². The van der Waals surface area contributed by atoms with Crippen molar-refractivity contribution >= 4 is 11.9 Å². The second-order valence-corrected chi connectivity index (χ2v) is 6.94. The van der Waals surface area contributed by atoms with Gasteiger partial charge in [0.25, 0.3) is 5.91 Å². The lowest BCUT2D eigenvalue weighted by molar-refractivity contribution is -0.000321. The zero-order valence-corrected chi connectivity index (χ0v) is 15.6. The average Bonchev–Trinajstić information content (AvgIpc) is 3.02. The van der Waals surface area contributed by atoms with E-state index in [1.807, 2.05) is 18.7 Å². The normalized spacial score (nSPS) is 20.2. The van der Waals surface area contributed by atoms with Crippen molar-refractivity contribution in [1.29, 1.82) is 0 Å². The van der Waals surface area contributed by atoms with E-state index in [1.165, 1.54) is 0 Å². The maximum Gasteiger partial charge on any atom is 0.257 e. The van der Waals surface area contributed by atoms with Gasteiger partial charge in [0.15, 0.2) is 0 Å². The Morgan fingerprint density at radius 1 is 1.38 bits per heavy atom. The van der Waals surface area contributed by atoms with Gasteiger partial charge < -0.3 is 14.9 Å². The maximum atomic E-state index is 12.8. The van der Waals surface area contributed by atoms with Crippen LogP contribution in [0, 0.1) is 6.92 Å². The molecule has 3 rings (SSSR count). The molecule has 1 atom stereocenters. The van der Waals surface area contributed by atoms with Gasteiger partial charge in [0.2, 0.25) is 5.95 Å². The van der Waals surface area contributed by atoms with Crippen LogP contribution in [0.3, 0.4) is 0 Å². The van der Waals surface area contributed by atoms with Gasteiger partial charge >= 0.3 is 0 Å². The first kappa shape index (κ1) is 18.3. The summed E-state index contributed by atoms with van der Waals surface area (Å²) in [6.45, 7) is 5.99. The van der Waals surface area contributed by atoms with E-state index in [0.29, 0.717) is 36.7 Å². The SMILES string of the molecule is CCn1cc(C(=O)N(C)CC2(O)CCCN(c3ncccn3)C2)c(C)n1. The van der Waals surface area contributed by atoms with Crippen LogP contribution in [-0.2, 0) is 6.54 Å². The van der Waals surface area contributed by atoms with Crippen LogP contribution in [-0.4, -0.2) is 67.9 Å². The summed E-state index contributed by atoms with van der Waals surface area (Å²) < 4.78 is 1.75. The number of anilines is 1. The molecule has 8 heteroatoms. The Bertz CT molecular complexity index is 762. The van der Waals surface area contributed by atoms with Crippen molar-refractivity contribution in [3.8, 4) is 0 Å². The van der Waals surface area contributed by atoms with Crippen LogP contribution in [0.2, 0.25) is 0 Å². The predicted octanol–water partition coefficient (Wildman–Crippen LogP) is 1.10. The minimum absolute atomic E-state index is 0.122. The molecule has 1 unspecified atom stereocenters. The molecule has 0 saturated carbocycles. The molecule has 2 aromatic rings. The lowest BCUT2D eigenvalue weighted by atomic mass is 9.92. The lowest BCUT2D eigenvalue weighted by Crippen LogP contribution is -2.55. The molecule has 0 aliphatic carbocycles. The van der Waals surface area contributed by atoms with Gasteiger partial charge in [0, 0.05) is 38.7 Å². The standard InChI is InChI=1S/C18H26N6O2/c1-4-24-11-15(14(2)21-24)16(25)22(3)12-18(26)7-5-10-23(13-18)17-19-8-6-9-20-17/h6,8-9,11,26H,4-5,7,10,12-13H2,1-3H3. The Balaban J connectivity index is 1.70. The van der Waals surface area contributed by atoms with E-state index in [4.69, 9.17) is 0 Å². The van der Waals surface area contributed by atoms with Crippen molar-refractivity contribution in [2.75, 3.05) is 31.6 Å². The van der Waals surface area contributed by atoms with Crippen molar-refractivity contribution in [2.24, 2.45) is 0 Å². The number of amides is 1. The summed E-state index contributed by atoms with van der Waals surface area (Å²) in [6.07, 6.45) is 6.62. The summed E-state index contributed by atoms with van der Waals surface area (Å²) in [6, 6.07) is 1.77. The maximum absolute atomic E-state index is 12.8. The van der Waals surface area contributed by atoms with Crippen molar-refractivity contribution in [2.45, 2.75) is 38.8 Å². The zero-order chi connectivity index (χ0) is 18.7. The molecule has 0 aromatic carbocycles. The van der Waals surface area contributed by atoms with Gasteiger partial charge in [-0.1, -0.05) is 0 Å². The molecule has 3 heterocycles. The molecular weight excluding hydrogens is 332 g/mol. The number of piperidine rings is 1. The number of nitrogens with zero attached hydrogens (tertiary/aromatic N) is 6. The first-order chi connectivity index (χ1) is 12.4. The number of likely N-dealkylation sites (N-methyl/N-ethyl adjacent to an activating group) is 1. The van der Waals surface area contributed by atoms with E-state index >= 15 is 0 Å². The fourth-order valence-electron chi connectivity index (χ4n) is 3.48. The van der Waals surface area contributed by atoms with Gasteiger partial charge in [-0.25, -0.2) is 9.97 Å². The van der Waals surface area contributed by atoms with Gasteiger partial charge in [0.05, 0.1) is 29.9 Å². The Kier molecular flexibility index (Phi) is 5.22. The molecule has 1 aliphatic rings. The van der Waals surface area contributed by atoms with Gasteiger partial charge in [-0.3, -0.25) is 9.48 Å². The zero-order valence-electron chi connectivity index (χ0n) is 15.6. The second-order valence-electron chi connectivity index (χ2n) is 6.94. The van der Waals surface area contributed by atoms with Crippen molar-refractivity contribution in [3.05, 3.63) is 35.9 Å². The average molecular weight is 358 g/mol. The molecule has 1 amide bonds. The molecule has 8 nitrogen and oxygen atoms in total. The van der Waals surface area contributed by atoms with E-state index in [2.05, 4.69) is 15.1 Å². The van der Waals surface area contributed by atoms with Crippen LogP contribution in [0.4, 0.5) is 5.95 Å². The number of aryl methyl sites for hydroxylation is 2. The Morgan fingerprint density at radius 2 is 2.12 bits per heavy atom. The lowest BCUT2D eigenvalue weighted by Gasteiger charge is -2.41. The summed E-state index contributed by atoms with van der Waals surface area (Å²) >= 11 is 0.